The van der Waals surface area contributed by atoms with Gasteiger partial charge in [0.05, 0.1) is 20.3 Å². The average Bonchev–Trinajstić information content (AvgIpc) is 3.22. The number of hydrogen-bond acceptors (Lipinski definition) is 3. The monoisotopic (exact) mass is 376 g/mol. The Kier molecular flexibility index (Phi) is 5.06. The maximum Gasteiger partial charge on any atom is 0.322 e. The van der Waals surface area contributed by atoms with E-state index < -0.39 is 0 Å². The lowest BCUT2D eigenvalue weighted by Crippen LogP contribution is -2.34. The number of carbonyl (C=O) groups is 1. The summed E-state index contributed by atoms with van der Waals surface area (Å²) in [5.74, 6) is 1.28. The number of amides is 2. The molecule has 1 heterocycles. The summed E-state index contributed by atoms with van der Waals surface area (Å²) in [6, 6.07) is 20.0. The Labute approximate surface area is 164 Å². The van der Waals surface area contributed by atoms with Gasteiger partial charge in [0, 0.05) is 30.4 Å². The fraction of sp³-hybridized carbons (Fsp3) is 0.261. The number of benzene rings is 3. The third kappa shape index (κ3) is 3.48. The number of anilines is 1. The lowest BCUT2D eigenvalue weighted by atomic mass is 9.97. The van der Waals surface area contributed by atoms with Crippen molar-refractivity contribution in [3.05, 3.63) is 66.2 Å². The van der Waals surface area contributed by atoms with E-state index in [0.717, 1.165) is 19.4 Å². The third-order valence-corrected chi connectivity index (χ3v) is 5.30. The van der Waals surface area contributed by atoms with Crippen LogP contribution in [0.5, 0.6) is 11.5 Å². The highest BCUT2D eigenvalue weighted by atomic mass is 16.5. The van der Waals surface area contributed by atoms with Gasteiger partial charge in [0.2, 0.25) is 0 Å². The van der Waals surface area contributed by atoms with Gasteiger partial charge in [0.15, 0.2) is 0 Å². The Bertz CT molecular complexity index is 975. The van der Waals surface area contributed by atoms with E-state index in [1.807, 2.05) is 17.0 Å². The highest BCUT2D eigenvalue weighted by Crippen LogP contribution is 2.36. The largest absolute Gasteiger partial charge is 0.497 e. The van der Waals surface area contributed by atoms with Crippen LogP contribution in [-0.4, -0.2) is 31.7 Å². The summed E-state index contributed by atoms with van der Waals surface area (Å²) in [7, 11) is 3.19. The van der Waals surface area contributed by atoms with Crippen LogP contribution in [0.2, 0.25) is 0 Å². The van der Waals surface area contributed by atoms with Gasteiger partial charge in [-0.1, -0.05) is 42.5 Å². The molecule has 0 saturated carbocycles. The first kappa shape index (κ1) is 18.2. The minimum absolute atomic E-state index is 0.0682. The SMILES string of the molecule is COc1cc(NC(=O)N2CCCC2c2cccc3ccccc23)cc(OC)c1. The first-order valence-electron chi connectivity index (χ1n) is 9.48. The standard InChI is InChI=1S/C23H24N2O3/c1-27-18-13-17(14-19(15-18)28-2)24-23(26)25-12-6-11-22(25)21-10-5-8-16-7-3-4-9-20(16)21/h3-5,7-10,13-15,22H,6,11-12H2,1-2H3,(H,24,26). The van der Waals surface area contributed by atoms with Crippen LogP contribution >= 0.6 is 0 Å². The van der Waals surface area contributed by atoms with E-state index in [1.165, 1.54) is 16.3 Å². The highest BCUT2D eigenvalue weighted by Gasteiger charge is 2.31. The average molecular weight is 376 g/mol. The summed E-state index contributed by atoms with van der Waals surface area (Å²) < 4.78 is 10.6. The summed E-state index contributed by atoms with van der Waals surface area (Å²) in [6.45, 7) is 0.737. The van der Waals surface area contributed by atoms with Crippen molar-refractivity contribution >= 4 is 22.5 Å². The molecule has 4 rings (SSSR count). The van der Waals surface area contributed by atoms with Crippen molar-refractivity contribution < 1.29 is 14.3 Å². The predicted octanol–water partition coefficient (Wildman–Crippen LogP) is 5.23. The molecule has 1 aliphatic rings. The summed E-state index contributed by atoms with van der Waals surface area (Å²) >= 11 is 0. The molecule has 3 aromatic carbocycles. The zero-order chi connectivity index (χ0) is 19.5. The van der Waals surface area contributed by atoms with Crippen LogP contribution < -0.4 is 14.8 Å². The quantitative estimate of drug-likeness (QED) is 0.679. The number of methoxy groups -OCH3 is 2. The molecule has 144 valence electrons. The Balaban J connectivity index is 1.61. The van der Waals surface area contributed by atoms with E-state index in [4.69, 9.17) is 9.47 Å². The minimum Gasteiger partial charge on any atom is -0.497 e. The number of urea groups is 1. The van der Waals surface area contributed by atoms with Gasteiger partial charge >= 0.3 is 6.03 Å². The second-order valence-corrected chi connectivity index (χ2v) is 6.95. The first-order chi connectivity index (χ1) is 13.7. The van der Waals surface area contributed by atoms with Crippen LogP contribution in [0.3, 0.4) is 0 Å². The van der Waals surface area contributed by atoms with E-state index in [9.17, 15) is 4.79 Å². The molecular formula is C23H24N2O3. The lowest BCUT2D eigenvalue weighted by Gasteiger charge is -2.26. The first-order valence-corrected chi connectivity index (χ1v) is 9.48. The molecule has 1 saturated heterocycles. The van der Waals surface area contributed by atoms with Crippen molar-refractivity contribution in [2.75, 3.05) is 26.1 Å². The number of nitrogens with one attached hydrogen (secondary N) is 1. The molecular weight excluding hydrogens is 352 g/mol. The van der Waals surface area contributed by atoms with Crippen LogP contribution in [-0.2, 0) is 0 Å². The molecule has 0 aromatic heterocycles. The molecule has 1 N–H and O–H groups in total. The van der Waals surface area contributed by atoms with Gasteiger partial charge in [0.25, 0.3) is 0 Å². The Hall–Kier alpha value is -3.21. The molecule has 3 aromatic rings. The molecule has 1 fully saturated rings. The molecule has 28 heavy (non-hydrogen) atoms. The number of fused-ring (bicyclic) bond motifs is 1. The molecule has 0 aliphatic carbocycles. The molecule has 5 heteroatoms. The fourth-order valence-corrected chi connectivity index (χ4v) is 3.95. The minimum atomic E-state index is -0.106. The van der Waals surface area contributed by atoms with Crippen molar-refractivity contribution in [2.24, 2.45) is 0 Å². The van der Waals surface area contributed by atoms with Gasteiger partial charge in [-0.15, -0.1) is 0 Å². The highest BCUT2D eigenvalue weighted by molar-refractivity contribution is 5.91. The van der Waals surface area contributed by atoms with Crippen LogP contribution in [0, 0.1) is 0 Å². The normalized spacial score (nSPS) is 16.2. The summed E-state index contributed by atoms with van der Waals surface area (Å²) in [5, 5.41) is 5.41. The lowest BCUT2D eigenvalue weighted by molar-refractivity contribution is 0.207. The predicted molar refractivity (Wildman–Crippen MR) is 111 cm³/mol. The number of nitrogens with zero attached hydrogens (tertiary/aromatic N) is 1. The van der Waals surface area contributed by atoms with Crippen LogP contribution in [0.25, 0.3) is 10.8 Å². The zero-order valence-electron chi connectivity index (χ0n) is 16.1. The van der Waals surface area contributed by atoms with Crippen molar-refractivity contribution in [3.8, 4) is 11.5 Å². The van der Waals surface area contributed by atoms with E-state index in [-0.39, 0.29) is 12.1 Å². The maximum atomic E-state index is 13.1. The number of ether oxygens (including phenoxy) is 2. The smallest absolute Gasteiger partial charge is 0.322 e. The third-order valence-electron chi connectivity index (χ3n) is 5.30. The van der Waals surface area contributed by atoms with Crippen LogP contribution in [0.1, 0.15) is 24.4 Å². The Morgan fingerprint density at radius 1 is 1.00 bits per heavy atom. The van der Waals surface area contributed by atoms with Gasteiger partial charge in [-0.05, 0) is 29.2 Å². The van der Waals surface area contributed by atoms with Crippen molar-refractivity contribution in [2.45, 2.75) is 18.9 Å². The zero-order valence-corrected chi connectivity index (χ0v) is 16.1. The number of carbonyl (C=O) groups excluding carboxylic acids is 1. The van der Waals surface area contributed by atoms with Gasteiger partial charge in [-0.2, -0.15) is 0 Å². The van der Waals surface area contributed by atoms with Gasteiger partial charge in [-0.3, -0.25) is 0 Å². The molecule has 1 aliphatic heterocycles. The molecule has 1 unspecified atom stereocenters. The number of hydrogen-bond donors (Lipinski definition) is 1. The molecule has 0 bridgehead atoms. The van der Waals surface area contributed by atoms with E-state index >= 15 is 0 Å². The van der Waals surface area contributed by atoms with E-state index in [2.05, 4.69) is 35.6 Å². The van der Waals surface area contributed by atoms with Crippen LogP contribution in [0.15, 0.2) is 60.7 Å². The topological polar surface area (TPSA) is 50.8 Å². The number of rotatable bonds is 4. The summed E-state index contributed by atoms with van der Waals surface area (Å²) in [5.41, 5.74) is 1.86. The molecule has 0 radical (unpaired) electrons. The second-order valence-electron chi connectivity index (χ2n) is 6.95. The maximum absolute atomic E-state index is 13.1. The molecule has 5 nitrogen and oxygen atoms in total. The fourth-order valence-electron chi connectivity index (χ4n) is 3.95. The summed E-state index contributed by atoms with van der Waals surface area (Å²) in [4.78, 5) is 15.0. The Morgan fingerprint density at radius 3 is 2.46 bits per heavy atom. The van der Waals surface area contributed by atoms with E-state index in [0.29, 0.717) is 17.2 Å². The van der Waals surface area contributed by atoms with Crippen molar-refractivity contribution in [1.82, 2.24) is 4.90 Å². The van der Waals surface area contributed by atoms with Gasteiger partial charge < -0.3 is 19.7 Å². The van der Waals surface area contributed by atoms with Gasteiger partial charge in [-0.25, -0.2) is 4.79 Å². The number of likely N-dealkylation sites (tertiary alicyclic amines) is 1. The van der Waals surface area contributed by atoms with Crippen LogP contribution in [0.4, 0.5) is 10.5 Å². The molecule has 0 spiro atoms. The van der Waals surface area contributed by atoms with Gasteiger partial charge in [0.1, 0.15) is 11.5 Å². The van der Waals surface area contributed by atoms with Crippen molar-refractivity contribution in [3.63, 3.8) is 0 Å². The molecule has 2 amide bonds. The Morgan fingerprint density at radius 2 is 1.71 bits per heavy atom. The van der Waals surface area contributed by atoms with E-state index in [1.54, 1.807) is 32.4 Å². The van der Waals surface area contributed by atoms with Crippen molar-refractivity contribution in [1.29, 1.82) is 0 Å². The summed E-state index contributed by atoms with van der Waals surface area (Å²) in [6.07, 6.45) is 1.95. The molecule has 1 atom stereocenters. The second kappa shape index (κ2) is 7.80.